The van der Waals surface area contributed by atoms with Crippen molar-refractivity contribution in [1.29, 1.82) is 0 Å². The number of likely N-dealkylation sites (tertiary alicyclic amines) is 1. The Morgan fingerprint density at radius 2 is 1.83 bits per heavy atom. The standard InChI is InChI=1S/C21H30N6O2S/c1-3-6-25-9-11-26(12-10-25)19-16-14(2)17(30-20(16)24-13-23-19)21(29)27-7-4-15(5-8-27)18(22)28/h13,15H,3-12H2,1-2H3,(H2,22,28). The van der Waals surface area contributed by atoms with Crippen molar-refractivity contribution in [2.24, 2.45) is 11.7 Å². The molecule has 4 heterocycles. The molecule has 2 aromatic heterocycles. The number of hydrogen-bond acceptors (Lipinski definition) is 7. The van der Waals surface area contributed by atoms with Gasteiger partial charge in [0.05, 0.1) is 10.3 Å². The lowest BCUT2D eigenvalue weighted by molar-refractivity contribution is -0.123. The summed E-state index contributed by atoms with van der Waals surface area (Å²) in [5.41, 5.74) is 6.39. The Morgan fingerprint density at radius 1 is 1.13 bits per heavy atom. The molecule has 4 rings (SSSR count). The molecule has 0 atom stereocenters. The van der Waals surface area contributed by atoms with E-state index in [1.807, 2.05) is 11.8 Å². The Labute approximate surface area is 181 Å². The molecule has 9 heteroatoms. The van der Waals surface area contributed by atoms with E-state index in [1.165, 1.54) is 17.8 Å². The summed E-state index contributed by atoms with van der Waals surface area (Å²) in [6.45, 7) is 10.4. The normalized spacial score (nSPS) is 18.9. The maximum Gasteiger partial charge on any atom is 0.264 e. The minimum absolute atomic E-state index is 0.0251. The molecule has 162 valence electrons. The molecule has 2 N–H and O–H groups in total. The van der Waals surface area contributed by atoms with Crippen LogP contribution in [0.15, 0.2) is 6.33 Å². The average Bonchev–Trinajstić information content (AvgIpc) is 3.11. The summed E-state index contributed by atoms with van der Waals surface area (Å²) in [5, 5.41) is 1.00. The second-order valence-electron chi connectivity index (χ2n) is 8.23. The number of amides is 2. The Balaban J connectivity index is 1.55. The molecule has 0 aromatic carbocycles. The van der Waals surface area contributed by atoms with Crippen LogP contribution in [-0.2, 0) is 4.79 Å². The van der Waals surface area contributed by atoms with Crippen LogP contribution < -0.4 is 10.6 Å². The van der Waals surface area contributed by atoms with Crippen LogP contribution in [-0.4, -0.2) is 77.4 Å². The predicted molar refractivity (Wildman–Crippen MR) is 119 cm³/mol. The first-order valence-electron chi connectivity index (χ1n) is 10.8. The maximum absolute atomic E-state index is 13.2. The second kappa shape index (κ2) is 8.85. The fourth-order valence-corrected chi connectivity index (χ4v) is 5.62. The minimum atomic E-state index is -0.265. The number of hydrogen-bond donors (Lipinski definition) is 1. The van der Waals surface area contributed by atoms with Crippen LogP contribution in [0.2, 0.25) is 0 Å². The summed E-state index contributed by atoms with van der Waals surface area (Å²) >= 11 is 1.45. The maximum atomic E-state index is 13.2. The molecule has 2 aliphatic rings. The van der Waals surface area contributed by atoms with Gasteiger partial charge in [-0.05, 0) is 38.3 Å². The molecule has 2 saturated heterocycles. The Kier molecular flexibility index (Phi) is 6.19. The molecule has 8 nitrogen and oxygen atoms in total. The van der Waals surface area contributed by atoms with Crippen LogP contribution in [0.25, 0.3) is 10.2 Å². The number of thiophene rings is 1. The van der Waals surface area contributed by atoms with Crippen LogP contribution in [0.1, 0.15) is 41.4 Å². The van der Waals surface area contributed by atoms with Gasteiger partial charge in [-0.15, -0.1) is 11.3 Å². The molecule has 2 amide bonds. The van der Waals surface area contributed by atoms with E-state index in [9.17, 15) is 9.59 Å². The number of rotatable bonds is 5. The smallest absolute Gasteiger partial charge is 0.264 e. The molecular formula is C21H30N6O2S. The van der Waals surface area contributed by atoms with Crippen LogP contribution in [0.3, 0.4) is 0 Å². The highest BCUT2D eigenvalue weighted by Crippen LogP contribution is 2.36. The van der Waals surface area contributed by atoms with E-state index >= 15 is 0 Å². The van der Waals surface area contributed by atoms with Crippen molar-refractivity contribution in [1.82, 2.24) is 19.8 Å². The Bertz CT molecular complexity index is 929. The van der Waals surface area contributed by atoms with Crippen LogP contribution in [0.4, 0.5) is 5.82 Å². The number of primary amides is 1. The van der Waals surface area contributed by atoms with Crippen LogP contribution in [0, 0.1) is 12.8 Å². The van der Waals surface area contributed by atoms with Gasteiger partial charge in [0.25, 0.3) is 5.91 Å². The number of anilines is 1. The molecule has 0 unspecified atom stereocenters. The van der Waals surface area contributed by atoms with Crippen molar-refractivity contribution in [3.8, 4) is 0 Å². The van der Waals surface area contributed by atoms with Gasteiger partial charge in [0.2, 0.25) is 5.91 Å². The number of aryl methyl sites for hydroxylation is 1. The summed E-state index contributed by atoms with van der Waals surface area (Å²) in [4.78, 5) is 41.9. The van der Waals surface area contributed by atoms with Gasteiger partial charge in [-0.1, -0.05) is 6.92 Å². The van der Waals surface area contributed by atoms with E-state index in [0.29, 0.717) is 25.9 Å². The SMILES string of the molecule is CCCN1CCN(c2ncnc3sc(C(=O)N4CCC(C(N)=O)CC4)c(C)c23)CC1. The molecule has 30 heavy (non-hydrogen) atoms. The molecule has 0 spiro atoms. The van der Waals surface area contributed by atoms with Gasteiger partial charge in [-0.25, -0.2) is 9.97 Å². The summed E-state index contributed by atoms with van der Waals surface area (Å²) in [6, 6.07) is 0. The molecule has 2 fully saturated rings. The van der Waals surface area contributed by atoms with E-state index in [0.717, 1.165) is 59.2 Å². The first kappa shape index (κ1) is 21.0. The quantitative estimate of drug-likeness (QED) is 0.778. The molecule has 0 aliphatic carbocycles. The highest BCUT2D eigenvalue weighted by atomic mass is 32.1. The van der Waals surface area contributed by atoms with Crippen LogP contribution in [0.5, 0.6) is 0 Å². The summed E-state index contributed by atoms with van der Waals surface area (Å²) < 4.78 is 0. The number of aromatic nitrogens is 2. The fourth-order valence-electron chi connectivity index (χ4n) is 4.51. The third-order valence-electron chi connectivity index (χ3n) is 6.30. The largest absolute Gasteiger partial charge is 0.369 e. The lowest BCUT2D eigenvalue weighted by atomic mass is 9.96. The van der Waals surface area contributed by atoms with Gasteiger partial charge in [0, 0.05) is 45.2 Å². The van der Waals surface area contributed by atoms with Crippen LogP contribution >= 0.6 is 11.3 Å². The van der Waals surface area contributed by atoms with E-state index < -0.39 is 0 Å². The number of carbonyl (C=O) groups is 2. The van der Waals surface area contributed by atoms with Gasteiger partial charge < -0.3 is 15.5 Å². The lowest BCUT2D eigenvalue weighted by Gasteiger charge is -2.35. The van der Waals surface area contributed by atoms with Crippen molar-refractivity contribution >= 4 is 39.2 Å². The molecule has 2 aromatic rings. The molecule has 0 radical (unpaired) electrons. The zero-order valence-electron chi connectivity index (χ0n) is 17.8. The molecule has 2 aliphatic heterocycles. The van der Waals surface area contributed by atoms with Crippen molar-refractivity contribution in [2.75, 3.05) is 50.7 Å². The molecule has 0 saturated carbocycles. The number of carbonyl (C=O) groups excluding carboxylic acids is 2. The van der Waals surface area contributed by atoms with Crippen molar-refractivity contribution < 1.29 is 9.59 Å². The summed E-state index contributed by atoms with van der Waals surface area (Å²) in [7, 11) is 0. The van der Waals surface area contributed by atoms with Gasteiger partial charge in [0.1, 0.15) is 17.0 Å². The van der Waals surface area contributed by atoms with E-state index in [2.05, 4.69) is 26.7 Å². The zero-order valence-corrected chi connectivity index (χ0v) is 18.6. The number of nitrogens with two attached hydrogens (primary N) is 1. The Hall–Kier alpha value is -2.26. The van der Waals surface area contributed by atoms with Crippen molar-refractivity contribution in [3.63, 3.8) is 0 Å². The predicted octanol–water partition coefficient (Wildman–Crippen LogP) is 1.87. The van der Waals surface area contributed by atoms with Gasteiger partial charge in [0.15, 0.2) is 0 Å². The Morgan fingerprint density at radius 3 is 2.47 bits per heavy atom. The third kappa shape index (κ3) is 4.00. The summed E-state index contributed by atoms with van der Waals surface area (Å²) in [5.74, 6) is 0.578. The van der Waals surface area contributed by atoms with E-state index in [-0.39, 0.29) is 17.7 Å². The lowest BCUT2D eigenvalue weighted by Crippen LogP contribution is -2.46. The van der Waals surface area contributed by atoms with Gasteiger partial charge in [-0.3, -0.25) is 14.5 Å². The third-order valence-corrected chi connectivity index (χ3v) is 7.49. The first-order chi connectivity index (χ1) is 14.5. The second-order valence-corrected chi connectivity index (χ2v) is 9.23. The minimum Gasteiger partial charge on any atom is -0.369 e. The molecule has 0 bridgehead atoms. The number of fused-ring (bicyclic) bond motifs is 1. The van der Waals surface area contributed by atoms with Gasteiger partial charge >= 0.3 is 0 Å². The topological polar surface area (TPSA) is 95.7 Å². The fraction of sp³-hybridized carbons (Fsp3) is 0.619. The monoisotopic (exact) mass is 430 g/mol. The number of piperidine rings is 1. The highest BCUT2D eigenvalue weighted by molar-refractivity contribution is 7.20. The van der Waals surface area contributed by atoms with Gasteiger partial charge in [-0.2, -0.15) is 0 Å². The zero-order chi connectivity index (χ0) is 21.3. The van der Waals surface area contributed by atoms with E-state index in [4.69, 9.17) is 5.73 Å². The number of piperazine rings is 1. The first-order valence-corrected chi connectivity index (χ1v) is 11.6. The van der Waals surface area contributed by atoms with E-state index in [1.54, 1.807) is 6.33 Å². The van der Waals surface area contributed by atoms with Crippen molar-refractivity contribution in [2.45, 2.75) is 33.1 Å². The average molecular weight is 431 g/mol. The molecular weight excluding hydrogens is 400 g/mol. The summed E-state index contributed by atoms with van der Waals surface area (Å²) in [6.07, 6.45) is 4.05. The highest BCUT2D eigenvalue weighted by Gasteiger charge is 2.30. The van der Waals surface area contributed by atoms with Crippen molar-refractivity contribution in [3.05, 3.63) is 16.8 Å². The number of nitrogens with zero attached hydrogens (tertiary/aromatic N) is 5.